The van der Waals surface area contributed by atoms with Gasteiger partial charge in [0.1, 0.15) is 0 Å². The van der Waals surface area contributed by atoms with Crippen LogP contribution in [-0.2, 0) is 4.74 Å². The average Bonchev–Trinajstić information content (AvgIpc) is 1.80. The summed E-state index contributed by atoms with van der Waals surface area (Å²) in [4.78, 5) is 0. The minimum absolute atomic E-state index is 0.312. The van der Waals surface area contributed by atoms with Crippen molar-refractivity contribution in [2.45, 2.75) is 12.2 Å². The van der Waals surface area contributed by atoms with Gasteiger partial charge in [-0.15, -0.1) is 0 Å². The molecular weight excluding hydrogens is 208 g/mol. The van der Waals surface area contributed by atoms with Crippen molar-refractivity contribution in [1.29, 1.82) is 0 Å². The molecule has 0 aliphatic carbocycles. The molecule has 1 aliphatic rings. The van der Waals surface area contributed by atoms with Crippen LogP contribution in [0.5, 0.6) is 0 Å². The fraction of sp³-hybridized carbons (Fsp3) is 1.00. The molecule has 0 atom stereocenters. The highest BCUT2D eigenvalue weighted by molar-refractivity contribution is 9.09. The molecule has 0 spiro atoms. The molecule has 0 bridgehead atoms. The second-order valence-corrected chi connectivity index (χ2v) is 2.73. The molecule has 0 aromatic rings. The van der Waals surface area contributed by atoms with Crippen molar-refractivity contribution in [2.75, 3.05) is 18.4 Å². The summed E-state index contributed by atoms with van der Waals surface area (Å²) in [6, 6.07) is 0. The van der Waals surface area contributed by atoms with E-state index in [9.17, 15) is 8.78 Å². The van der Waals surface area contributed by atoms with Crippen molar-refractivity contribution in [2.24, 2.45) is 0 Å². The second-order valence-electron chi connectivity index (χ2n) is 2.17. The molecule has 5 heteroatoms. The van der Waals surface area contributed by atoms with Gasteiger partial charge in [-0.05, 0) is 0 Å². The molecule has 1 heterocycles. The fourth-order valence-corrected chi connectivity index (χ4v) is 0.753. The zero-order valence-corrected chi connectivity index (χ0v) is 6.83. The molecule has 1 fully saturated rings. The lowest BCUT2D eigenvalue weighted by atomic mass is 10.2. The summed E-state index contributed by atoms with van der Waals surface area (Å²) in [6.07, 6.45) is -3.32. The monoisotopic (exact) mass is 215 g/mol. The summed E-state index contributed by atoms with van der Waals surface area (Å²) in [7, 11) is 0. The third kappa shape index (κ3) is 2.14. The van der Waals surface area contributed by atoms with Crippen LogP contribution in [0.2, 0.25) is 0 Å². The lowest BCUT2D eigenvalue weighted by Crippen LogP contribution is -2.51. The molecule has 1 N–H and O–H groups in total. The molecule has 0 saturated carbocycles. The van der Waals surface area contributed by atoms with Crippen molar-refractivity contribution in [1.82, 2.24) is 5.32 Å². The van der Waals surface area contributed by atoms with Crippen LogP contribution in [0.25, 0.3) is 0 Å². The Kier molecular flexibility index (Phi) is 2.60. The van der Waals surface area contributed by atoms with Gasteiger partial charge in [-0.25, -0.2) is 0 Å². The van der Waals surface area contributed by atoms with Gasteiger partial charge in [0.2, 0.25) is 0 Å². The van der Waals surface area contributed by atoms with Crippen molar-refractivity contribution in [3.63, 3.8) is 0 Å². The number of nitrogens with one attached hydrogen (secondary N) is 1. The Morgan fingerprint density at radius 2 is 2.20 bits per heavy atom. The fourth-order valence-electron chi connectivity index (χ4n) is 0.621. The summed E-state index contributed by atoms with van der Waals surface area (Å²) in [6.45, 7) is 1.06. The van der Waals surface area contributed by atoms with Gasteiger partial charge in [-0.1, -0.05) is 15.9 Å². The topological polar surface area (TPSA) is 21.3 Å². The third-order valence-electron chi connectivity index (χ3n) is 1.24. The number of rotatable bonds is 3. The van der Waals surface area contributed by atoms with E-state index in [4.69, 9.17) is 0 Å². The number of alkyl halides is 3. The van der Waals surface area contributed by atoms with Crippen molar-refractivity contribution in [3.8, 4) is 0 Å². The van der Waals surface area contributed by atoms with Crippen molar-refractivity contribution in [3.05, 3.63) is 0 Å². The Labute approximate surface area is 66.1 Å². The first-order valence-electron chi connectivity index (χ1n) is 2.96. The van der Waals surface area contributed by atoms with Crippen LogP contribution in [0.4, 0.5) is 8.78 Å². The first-order valence-corrected chi connectivity index (χ1v) is 4.08. The molecule has 10 heavy (non-hydrogen) atoms. The van der Waals surface area contributed by atoms with E-state index in [0.29, 0.717) is 13.1 Å². The van der Waals surface area contributed by atoms with E-state index in [1.807, 2.05) is 0 Å². The predicted molar refractivity (Wildman–Crippen MR) is 36.5 cm³/mol. The van der Waals surface area contributed by atoms with Gasteiger partial charge >= 0.3 is 6.11 Å². The molecule has 0 aromatic heterocycles. The van der Waals surface area contributed by atoms with Gasteiger partial charge in [0.05, 0.1) is 11.4 Å². The second kappa shape index (κ2) is 3.11. The third-order valence-corrected chi connectivity index (χ3v) is 1.89. The molecular formula is C5H8BrF2NO. The van der Waals surface area contributed by atoms with Crippen LogP contribution >= 0.6 is 15.9 Å². The van der Waals surface area contributed by atoms with Crippen molar-refractivity contribution >= 4 is 15.9 Å². The van der Waals surface area contributed by atoms with E-state index in [2.05, 4.69) is 26.0 Å². The predicted octanol–water partition coefficient (Wildman–Crippen LogP) is 0.962. The Morgan fingerprint density at radius 3 is 2.50 bits per heavy atom. The van der Waals surface area contributed by atoms with Gasteiger partial charge in [-0.2, -0.15) is 8.78 Å². The maximum atomic E-state index is 12.3. The lowest BCUT2D eigenvalue weighted by molar-refractivity contribution is -0.252. The average molecular weight is 216 g/mol. The Balaban J connectivity index is 2.21. The van der Waals surface area contributed by atoms with Gasteiger partial charge in [0.25, 0.3) is 0 Å². The highest BCUT2D eigenvalue weighted by Crippen LogP contribution is 2.21. The van der Waals surface area contributed by atoms with E-state index in [-0.39, 0.29) is 6.10 Å². The van der Waals surface area contributed by atoms with E-state index in [1.165, 1.54) is 0 Å². The maximum Gasteiger partial charge on any atom is 0.365 e. The summed E-state index contributed by atoms with van der Waals surface area (Å²) < 4.78 is 29.0. The van der Waals surface area contributed by atoms with Crippen LogP contribution in [-0.4, -0.2) is 30.6 Å². The van der Waals surface area contributed by atoms with Crippen LogP contribution in [0.3, 0.4) is 0 Å². The minimum Gasteiger partial charge on any atom is -0.314 e. The first-order chi connectivity index (χ1) is 4.64. The Hall–Kier alpha value is 0.260. The zero-order valence-electron chi connectivity index (χ0n) is 5.24. The number of ether oxygens (including phenoxy) is 1. The van der Waals surface area contributed by atoms with Gasteiger partial charge in [0.15, 0.2) is 0 Å². The van der Waals surface area contributed by atoms with Crippen molar-refractivity contribution < 1.29 is 13.5 Å². The normalized spacial score (nSPS) is 20.7. The standard InChI is InChI=1S/C5H8BrF2NO/c6-3-5(7,8)10-4-1-9-2-4/h4,9H,1-3H2. The smallest absolute Gasteiger partial charge is 0.314 e. The molecule has 1 saturated heterocycles. The Morgan fingerprint density at radius 1 is 1.60 bits per heavy atom. The first kappa shape index (κ1) is 8.36. The highest BCUT2D eigenvalue weighted by Gasteiger charge is 2.34. The van der Waals surface area contributed by atoms with E-state index < -0.39 is 11.4 Å². The van der Waals surface area contributed by atoms with Gasteiger partial charge in [-0.3, -0.25) is 0 Å². The lowest BCUT2D eigenvalue weighted by Gasteiger charge is -2.30. The maximum absolute atomic E-state index is 12.3. The summed E-state index contributed by atoms with van der Waals surface area (Å²) in [5, 5.41) is 2.40. The van der Waals surface area contributed by atoms with Gasteiger partial charge < -0.3 is 10.1 Å². The van der Waals surface area contributed by atoms with E-state index in [0.717, 1.165) is 0 Å². The largest absolute Gasteiger partial charge is 0.365 e. The highest BCUT2D eigenvalue weighted by atomic mass is 79.9. The summed E-state index contributed by atoms with van der Waals surface area (Å²) >= 11 is 2.66. The van der Waals surface area contributed by atoms with Crippen LogP contribution < -0.4 is 5.32 Å². The number of hydrogen-bond donors (Lipinski definition) is 1. The van der Waals surface area contributed by atoms with Crippen LogP contribution in [0.1, 0.15) is 0 Å². The quantitative estimate of drug-likeness (QED) is 0.709. The van der Waals surface area contributed by atoms with Gasteiger partial charge in [0, 0.05) is 13.1 Å². The minimum atomic E-state index is -3.01. The molecule has 0 unspecified atom stereocenters. The molecule has 1 rings (SSSR count). The molecule has 60 valence electrons. The summed E-state index contributed by atoms with van der Waals surface area (Å²) in [5.41, 5.74) is 0. The zero-order chi connectivity index (χ0) is 7.61. The molecule has 0 amide bonds. The Bertz CT molecular complexity index is 118. The SMILES string of the molecule is FC(F)(CBr)OC1CNC1. The summed E-state index contributed by atoms with van der Waals surface area (Å²) in [5.74, 6) is 0. The molecule has 0 radical (unpaired) electrons. The van der Waals surface area contributed by atoms with E-state index >= 15 is 0 Å². The van der Waals surface area contributed by atoms with E-state index in [1.54, 1.807) is 0 Å². The molecule has 1 aliphatic heterocycles. The van der Waals surface area contributed by atoms with Crippen LogP contribution in [0.15, 0.2) is 0 Å². The molecule has 2 nitrogen and oxygen atoms in total. The van der Waals surface area contributed by atoms with Crippen LogP contribution in [0, 0.1) is 0 Å². The number of halogens is 3. The molecule has 0 aromatic carbocycles. The number of hydrogen-bond acceptors (Lipinski definition) is 2.